The van der Waals surface area contributed by atoms with Crippen LogP contribution >= 0.6 is 0 Å². The van der Waals surface area contributed by atoms with Gasteiger partial charge in [-0.1, -0.05) is 20.3 Å². The van der Waals surface area contributed by atoms with E-state index in [1.54, 1.807) is 6.92 Å². The molecule has 0 spiro atoms. The van der Waals surface area contributed by atoms with E-state index in [2.05, 4.69) is 0 Å². The maximum absolute atomic E-state index is 9.36. The minimum atomic E-state index is -0.463. The minimum Gasteiger partial charge on any atom is -0.391 e. The summed E-state index contributed by atoms with van der Waals surface area (Å²) in [6.45, 7) is 5.72. The molecule has 0 saturated carbocycles. The molecular formula is C8H15NO. The Morgan fingerprint density at radius 1 is 1.50 bits per heavy atom. The van der Waals surface area contributed by atoms with E-state index < -0.39 is 6.10 Å². The largest absolute Gasteiger partial charge is 0.391 e. The van der Waals surface area contributed by atoms with Gasteiger partial charge in [-0.25, -0.2) is 0 Å². The summed E-state index contributed by atoms with van der Waals surface area (Å²) in [4.78, 5) is 0. The Morgan fingerprint density at radius 3 is 2.30 bits per heavy atom. The third-order valence-corrected chi connectivity index (χ3v) is 1.94. The van der Waals surface area contributed by atoms with Crippen LogP contribution in [0.5, 0.6) is 0 Å². The van der Waals surface area contributed by atoms with Crippen LogP contribution in [0.3, 0.4) is 0 Å². The van der Waals surface area contributed by atoms with Gasteiger partial charge in [0.1, 0.15) is 0 Å². The van der Waals surface area contributed by atoms with Crippen molar-refractivity contribution in [3.05, 3.63) is 0 Å². The summed E-state index contributed by atoms with van der Waals surface area (Å²) < 4.78 is 0. The molecule has 0 bridgehead atoms. The molecule has 2 heteroatoms. The van der Waals surface area contributed by atoms with E-state index in [1.165, 1.54) is 0 Å². The molecule has 1 N–H and O–H groups in total. The SMILES string of the molecule is CCC(C)C(O)C(C)C#N. The summed E-state index contributed by atoms with van der Waals surface area (Å²) in [5, 5.41) is 17.8. The molecule has 58 valence electrons. The first-order valence-electron chi connectivity index (χ1n) is 3.71. The van der Waals surface area contributed by atoms with Crippen molar-refractivity contribution in [1.29, 1.82) is 5.26 Å². The molecule has 0 saturated heterocycles. The fourth-order valence-corrected chi connectivity index (χ4v) is 0.811. The van der Waals surface area contributed by atoms with Gasteiger partial charge in [0.15, 0.2) is 0 Å². The first-order chi connectivity index (χ1) is 4.63. The maximum atomic E-state index is 9.36. The molecule has 3 atom stereocenters. The molecule has 3 unspecified atom stereocenters. The number of hydrogen-bond donors (Lipinski definition) is 1. The van der Waals surface area contributed by atoms with Gasteiger partial charge in [-0.3, -0.25) is 0 Å². The number of rotatable bonds is 3. The molecule has 0 aromatic heterocycles. The van der Waals surface area contributed by atoms with Crippen molar-refractivity contribution in [3.63, 3.8) is 0 Å². The second-order valence-corrected chi connectivity index (χ2v) is 2.79. The lowest BCUT2D eigenvalue weighted by Crippen LogP contribution is -2.23. The number of nitrogens with zero attached hydrogens (tertiary/aromatic N) is 1. The molecule has 0 aliphatic heterocycles. The third-order valence-electron chi connectivity index (χ3n) is 1.94. The van der Waals surface area contributed by atoms with Gasteiger partial charge >= 0.3 is 0 Å². The lowest BCUT2D eigenvalue weighted by atomic mass is 9.93. The van der Waals surface area contributed by atoms with Crippen molar-refractivity contribution >= 4 is 0 Å². The summed E-state index contributed by atoms with van der Waals surface area (Å²) in [5.74, 6) is -0.00963. The summed E-state index contributed by atoms with van der Waals surface area (Å²) in [7, 11) is 0. The molecule has 0 aromatic rings. The highest BCUT2D eigenvalue weighted by atomic mass is 16.3. The monoisotopic (exact) mass is 141 g/mol. The van der Waals surface area contributed by atoms with Crippen LogP contribution in [-0.4, -0.2) is 11.2 Å². The predicted molar refractivity (Wildman–Crippen MR) is 40.2 cm³/mol. The smallest absolute Gasteiger partial charge is 0.0721 e. The lowest BCUT2D eigenvalue weighted by Gasteiger charge is -2.18. The van der Waals surface area contributed by atoms with Gasteiger partial charge in [0, 0.05) is 0 Å². The Morgan fingerprint density at radius 2 is 2.00 bits per heavy atom. The number of aliphatic hydroxyl groups excluding tert-OH is 1. The molecule has 0 amide bonds. The third kappa shape index (κ3) is 2.36. The van der Waals surface area contributed by atoms with Gasteiger partial charge in [-0.15, -0.1) is 0 Å². The maximum Gasteiger partial charge on any atom is 0.0721 e. The molecule has 0 rings (SSSR count). The van der Waals surface area contributed by atoms with E-state index in [0.29, 0.717) is 0 Å². The van der Waals surface area contributed by atoms with Crippen molar-refractivity contribution in [2.45, 2.75) is 33.3 Å². The second kappa shape index (κ2) is 4.29. The standard InChI is InChI=1S/C8H15NO/c1-4-6(2)8(10)7(3)5-9/h6-8,10H,4H2,1-3H3. The van der Waals surface area contributed by atoms with Crippen LogP contribution in [0, 0.1) is 23.2 Å². The molecular weight excluding hydrogens is 126 g/mol. The lowest BCUT2D eigenvalue weighted by molar-refractivity contribution is 0.0839. The van der Waals surface area contributed by atoms with Crippen LogP contribution in [0.15, 0.2) is 0 Å². The topological polar surface area (TPSA) is 44.0 Å². The highest BCUT2D eigenvalue weighted by Crippen LogP contribution is 2.14. The Balaban J connectivity index is 3.84. The first-order valence-corrected chi connectivity index (χ1v) is 3.71. The zero-order valence-electron chi connectivity index (χ0n) is 6.83. The van der Waals surface area contributed by atoms with Crippen molar-refractivity contribution in [3.8, 4) is 6.07 Å². The molecule has 0 aliphatic rings. The highest BCUT2D eigenvalue weighted by Gasteiger charge is 2.18. The number of aliphatic hydroxyl groups is 1. The fraction of sp³-hybridized carbons (Fsp3) is 0.875. The van der Waals surface area contributed by atoms with E-state index in [4.69, 9.17) is 5.26 Å². The number of hydrogen-bond acceptors (Lipinski definition) is 2. The van der Waals surface area contributed by atoms with Crippen LogP contribution in [0.2, 0.25) is 0 Å². The van der Waals surface area contributed by atoms with Crippen LogP contribution in [0.1, 0.15) is 27.2 Å². The van der Waals surface area contributed by atoms with Crippen molar-refractivity contribution in [1.82, 2.24) is 0 Å². The first kappa shape index (κ1) is 9.45. The van der Waals surface area contributed by atoms with Crippen LogP contribution < -0.4 is 0 Å². The molecule has 0 aromatic carbocycles. The molecule has 10 heavy (non-hydrogen) atoms. The normalized spacial score (nSPS) is 19.1. The Labute approximate surface area is 62.5 Å². The zero-order chi connectivity index (χ0) is 8.15. The van der Waals surface area contributed by atoms with Gasteiger partial charge in [-0.05, 0) is 12.8 Å². The van der Waals surface area contributed by atoms with Gasteiger partial charge in [0.2, 0.25) is 0 Å². The van der Waals surface area contributed by atoms with E-state index >= 15 is 0 Å². The summed E-state index contributed by atoms with van der Waals surface area (Å²) in [6.07, 6.45) is 0.461. The molecule has 0 aliphatic carbocycles. The van der Waals surface area contributed by atoms with Crippen molar-refractivity contribution in [2.24, 2.45) is 11.8 Å². The summed E-state index contributed by atoms with van der Waals surface area (Å²) in [6, 6.07) is 2.03. The van der Waals surface area contributed by atoms with Gasteiger partial charge < -0.3 is 5.11 Å². The summed E-state index contributed by atoms with van der Waals surface area (Å²) in [5.41, 5.74) is 0. The average Bonchev–Trinajstić information content (AvgIpc) is 2.00. The Kier molecular flexibility index (Phi) is 4.06. The number of nitriles is 1. The average molecular weight is 141 g/mol. The molecule has 0 fully saturated rings. The van der Waals surface area contributed by atoms with Crippen LogP contribution in [0.4, 0.5) is 0 Å². The van der Waals surface area contributed by atoms with Crippen molar-refractivity contribution in [2.75, 3.05) is 0 Å². The van der Waals surface area contributed by atoms with E-state index in [9.17, 15) is 5.11 Å². The van der Waals surface area contributed by atoms with E-state index in [0.717, 1.165) is 6.42 Å². The molecule has 0 heterocycles. The zero-order valence-corrected chi connectivity index (χ0v) is 6.83. The fourth-order valence-electron chi connectivity index (χ4n) is 0.811. The van der Waals surface area contributed by atoms with Crippen molar-refractivity contribution < 1.29 is 5.11 Å². The van der Waals surface area contributed by atoms with E-state index in [-0.39, 0.29) is 11.8 Å². The van der Waals surface area contributed by atoms with Gasteiger partial charge in [0.05, 0.1) is 18.1 Å². The van der Waals surface area contributed by atoms with Crippen LogP contribution in [0.25, 0.3) is 0 Å². The quantitative estimate of drug-likeness (QED) is 0.648. The Bertz CT molecular complexity index is 128. The minimum absolute atomic E-state index is 0.231. The molecule has 0 radical (unpaired) electrons. The van der Waals surface area contributed by atoms with E-state index in [1.807, 2.05) is 19.9 Å². The second-order valence-electron chi connectivity index (χ2n) is 2.79. The molecule has 2 nitrogen and oxygen atoms in total. The summed E-state index contributed by atoms with van der Waals surface area (Å²) >= 11 is 0. The Hall–Kier alpha value is -0.550. The predicted octanol–water partition coefficient (Wildman–Crippen LogP) is 1.55. The van der Waals surface area contributed by atoms with Crippen LogP contribution in [-0.2, 0) is 0 Å². The highest BCUT2D eigenvalue weighted by molar-refractivity contribution is 4.86. The van der Waals surface area contributed by atoms with Gasteiger partial charge in [-0.2, -0.15) is 5.26 Å². The van der Waals surface area contributed by atoms with Gasteiger partial charge in [0.25, 0.3) is 0 Å².